The van der Waals surface area contributed by atoms with Gasteiger partial charge in [-0.15, -0.1) is 0 Å². The van der Waals surface area contributed by atoms with Gasteiger partial charge in [-0.05, 0) is 19.3 Å². The van der Waals surface area contributed by atoms with Crippen molar-refractivity contribution in [1.29, 1.82) is 0 Å². The van der Waals surface area contributed by atoms with Gasteiger partial charge in [0.2, 0.25) is 0 Å². The SMILES string of the molecule is OCCCCOCCCC(F)(F)C(F)(F)C(F)(F)C(F)(F)C(F)(F)C(F)(F)C(F)(F)C(F)(F)F. The summed E-state index contributed by atoms with van der Waals surface area (Å²) in [4.78, 5) is 0. The van der Waals surface area contributed by atoms with Gasteiger partial charge in [0.25, 0.3) is 0 Å². The Kier molecular flexibility index (Phi) is 9.63. The lowest BCUT2D eigenvalue weighted by atomic mass is 9.88. The molecule has 0 aliphatic carbocycles. The van der Waals surface area contributed by atoms with E-state index in [0.29, 0.717) is 0 Å². The van der Waals surface area contributed by atoms with Gasteiger partial charge in [0.15, 0.2) is 0 Å². The molecule has 1 N–H and O–H groups in total. The van der Waals surface area contributed by atoms with E-state index in [1.165, 1.54) is 0 Å². The van der Waals surface area contributed by atoms with E-state index in [0.717, 1.165) is 0 Å². The molecule has 0 fully saturated rings. The molecule has 0 rings (SSSR count). The molecule has 0 bridgehead atoms. The fraction of sp³-hybridized carbons (Fsp3) is 1.00. The molecule has 0 saturated carbocycles. The summed E-state index contributed by atoms with van der Waals surface area (Å²) in [6.07, 6.45) is -11.4. The summed E-state index contributed by atoms with van der Waals surface area (Å²) >= 11 is 0. The highest BCUT2D eigenvalue weighted by Gasteiger charge is 2.95. The van der Waals surface area contributed by atoms with Gasteiger partial charge in [-0.2, -0.15) is 74.6 Å². The lowest BCUT2D eigenvalue weighted by Gasteiger charge is -2.42. The normalized spacial score (nSPS) is 15.7. The minimum Gasteiger partial charge on any atom is -0.396 e. The van der Waals surface area contributed by atoms with Crippen molar-refractivity contribution >= 4 is 0 Å². The molecule has 0 atom stereocenters. The first-order valence-electron chi connectivity index (χ1n) is 8.71. The number of halogens is 17. The van der Waals surface area contributed by atoms with Crippen LogP contribution in [0.5, 0.6) is 0 Å². The monoisotopic (exact) mass is 550 g/mol. The van der Waals surface area contributed by atoms with E-state index >= 15 is 0 Å². The molecule has 19 heteroatoms. The van der Waals surface area contributed by atoms with E-state index < -0.39 is 67.1 Å². The molecule has 0 aliphatic rings. The zero-order valence-corrected chi connectivity index (χ0v) is 16.2. The van der Waals surface area contributed by atoms with Crippen LogP contribution in [0, 0.1) is 0 Å². The Morgan fingerprint density at radius 3 is 1.18 bits per heavy atom. The second-order valence-electron chi connectivity index (χ2n) is 6.80. The predicted molar refractivity (Wildman–Crippen MR) is 77.1 cm³/mol. The van der Waals surface area contributed by atoms with Crippen molar-refractivity contribution in [1.82, 2.24) is 0 Å². The molecule has 0 spiro atoms. The van der Waals surface area contributed by atoms with Crippen molar-refractivity contribution in [2.45, 2.75) is 73.3 Å². The van der Waals surface area contributed by atoms with Crippen molar-refractivity contribution in [3.63, 3.8) is 0 Å². The Morgan fingerprint density at radius 2 is 0.794 bits per heavy atom. The number of aliphatic hydroxyl groups is 1. The van der Waals surface area contributed by atoms with E-state index in [2.05, 4.69) is 4.74 Å². The van der Waals surface area contributed by atoms with Crippen molar-refractivity contribution < 1.29 is 84.5 Å². The Balaban J connectivity index is 5.98. The number of aliphatic hydroxyl groups excluding tert-OH is 1. The molecular weight excluding hydrogens is 535 g/mol. The Bertz CT molecular complexity index is 656. The molecule has 2 nitrogen and oxygen atoms in total. The number of ether oxygens (including phenoxy) is 1. The number of unbranched alkanes of at least 4 members (excludes halogenated alkanes) is 1. The summed E-state index contributed by atoms with van der Waals surface area (Å²) in [6.45, 7) is -1.55. The van der Waals surface area contributed by atoms with Gasteiger partial charge in [-0.1, -0.05) is 0 Å². The maximum atomic E-state index is 13.6. The lowest BCUT2D eigenvalue weighted by molar-refractivity contribution is -0.461. The summed E-state index contributed by atoms with van der Waals surface area (Å²) in [6, 6.07) is 0. The van der Waals surface area contributed by atoms with E-state index in [1.54, 1.807) is 0 Å². The second kappa shape index (κ2) is 10.0. The number of hydrogen-bond acceptors (Lipinski definition) is 2. The van der Waals surface area contributed by atoms with Crippen LogP contribution in [0.15, 0.2) is 0 Å². The molecule has 34 heavy (non-hydrogen) atoms. The molecule has 0 aromatic carbocycles. The van der Waals surface area contributed by atoms with Crippen LogP contribution in [0.1, 0.15) is 25.7 Å². The van der Waals surface area contributed by atoms with Gasteiger partial charge in [-0.3, -0.25) is 0 Å². The van der Waals surface area contributed by atoms with Crippen LogP contribution >= 0.6 is 0 Å². The minimum absolute atomic E-state index is 0.0964. The highest BCUT2D eigenvalue weighted by molar-refractivity contribution is 5.15. The van der Waals surface area contributed by atoms with Crippen LogP contribution in [0.25, 0.3) is 0 Å². The quantitative estimate of drug-likeness (QED) is 0.196. The third-order valence-electron chi connectivity index (χ3n) is 4.26. The standard InChI is InChI=1S/C15H15F17O2/c16-8(17,4-3-7-34-6-2-1-5-33)9(18,19)10(20,21)11(22,23)12(24,25)13(26,27)14(28,29)15(30,31)32/h33H,1-7H2. The third-order valence-corrected chi connectivity index (χ3v) is 4.26. The summed E-state index contributed by atoms with van der Waals surface area (Å²) < 4.78 is 227. The molecule has 0 heterocycles. The average Bonchev–Trinajstić information content (AvgIpc) is 2.65. The van der Waals surface area contributed by atoms with Crippen molar-refractivity contribution in [3.05, 3.63) is 0 Å². The Hall–Kier alpha value is -1.27. The number of alkyl halides is 17. The largest absolute Gasteiger partial charge is 0.460 e. The van der Waals surface area contributed by atoms with Gasteiger partial charge in [0, 0.05) is 26.2 Å². The second-order valence-corrected chi connectivity index (χ2v) is 6.80. The summed E-state index contributed by atoms with van der Waals surface area (Å²) in [5, 5.41) is 8.43. The van der Waals surface area contributed by atoms with Gasteiger partial charge in [-0.25, -0.2) is 0 Å². The summed E-state index contributed by atoms with van der Waals surface area (Å²) in [7, 11) is 0. The zero-order chi connectivity index (χ0) is 27.7. The molecule has 0 amide bonds. The van der Waals surface area contributed by atoms with Gasteiger partial charge in [0.1, 0.15) is 0 Å². The van der Waals surface area contributed by atoms with Gasteiger partial charge < -0.3 is 9.84 Å². The van der Waals surface area contributed by atoms with Crippen LogP contribution in [-0.2, 0) is 4.74 Å². The van der Waals surface area contributed by atoms with E-state index in [9.17, 15) is 74.6 Å². The van der Waals surface area contributed by atoms with Crippen LogP contribution in [0.2, 0.25) is 0 Å². The van der Waals surface area contributed by atoms with Crippen LogP contribution < -0.4 is 0 Å². The van der Waals surface area contributed by atoms with Gasteiger partial charge in [0.05, 0.1) is 0 Å². The molecule has 0 radical (unpaired) electrons. The van der Waals surface area contributed by atoms with Gasteiger partial charge >= 0.3 is 47.6 Å². The van der Waals surface area contributed by atoms with Crippen LogP contribution in [0.4, 0.5) is 74.6 Å². The fourth-order valence-electron chi connectivity index (χ4n) is 2.17. The predicted octanol–water partition coefficient (Wildman–Crippen LogP) is 6.57. The van der Waals surface area contributed by atoms with Crippen molar-refractivity contribution in [2.24, 2.45) is 0 Å². The average molecular weight is 550 g/mol. The molecule has 0 aromatic heterocycles. The highest BCUT2D eigenvalue weighted by Crippen LogP contribution is 2.64. The minimum atomic E-state index is -8.61. The molecule has 0 aromatic rings. The van der Waals surface area contributed by atoms with E-state index in [4.69, 9.17) is 5.11 Å². The van der Waals surface area contributed by atoms with Crippen molar-refractivity contribution in [3.8, 4) is 0 Å². The molecule has 206 valence electrons. The third kappa shape index (κ3) is 5.28. The lowest BCUT2D eigenvalue weighted by Crippen LogP contribution is -2.74. The topological polar surface area (TPSA) is 29.5 Å². The number of rotatable bonds is 14. The summed E-state index contributed by atoms with van der Waals surface area (Å²) in [5.74, 6) is -56.1. The maximum Gasteiger partial charge on any atom is 0.460 e. The summed E-state index contributed by atoms with van der Waals surface area (Å²) in [5.41, 5.74) is 0. The van der Waals surface area contributed by atoms with E-state index in [-0.39, 0.29) is 26.1 Å². The molecular formula is C15H15F17O2. The number of hydrogen-bond donors (Lipinski definition) is 1. The first kappa shape index (κ1) is 32.7. The first-order valence-corrected chi connectivity index (χ1v) is 8.71. The van der Waals surface area contributed by atoms with Crippen LogP contribution in [0.3, 0.4) is 0 Å². The fourth-order valence-corrected chi connectivity index (χ4v) is 2.17. The zero-order valence-electron chi connectivity index (χ0n) is 16.2. The Labute approximate surface area is 179 Å². The van der Waals surface area contributed by atoms with E-state index in [1.807, 2.05) is 0 Å². The van der Waals surface area contributed by atoms with Crippen LogP contribution in [-0.4, -0.2) is 72.6 Å². The smallest absolute Gasteiger partial charge is 0.396 e. The Morgan fingerprint density at radius 1 is 0.441 bits per heavy atom. The molecule has 0 saturated heterocycles. The van der Waals surface area contributed by atoms with Crippen molar-refractivity contribution in [2.75, 3.05) is 19.8 Å². The highest BCUT2D eigenvalue weighted by atomic mass is 19.4. The molecule has 0 unspecified atom stereocenters. The first-order chi connectivity index (χ1) is 14.8. The molecule has 0 aliphatic heterocycles. The maximum absolute atomic E-state index is 13.6.